The smallest absolute Gasteiger partial charge is 0.257 e. The second kappa shape index (κ2) is 8.49. The van der Waals surface area contributed by atoms with E-state index in [1.165, 1.54) is 18.3 Å². The molecule has 0 radical (unpaired) electrons. The van der Waals surface area contributed by atoms with Crippen LogP contribution in [0.1, 0.15) is 28.9 Å². The van der Waals surface area contributed by atoms with Crippen LogP contribution in [0, 0.1) is 18.7 Å². The highest BCUT2D eigenvalue weighted by molar-refractivity contribution is 5.97. The molecule has 2 amide bonds. The number of anilines is 1. The number of aromatic amines is 1. The fourth-order valence-electron chi connectivity index (χ4n) is 3.77. The average Bonchev–Trinajstić information content (AvgIpc) is 3.19. The lowest BCUT2D eigenvalue weighted by Gasteiger charge is -2.32. The summed E-state index contributed by atoms with van der Waals surface area (Å²) >= 11 is 0. The Kier molecular flexibility index (Phi) is 5.61. The van der Waals surface area contributed by atoms with Gasteiger partial charge in [-0.3, -0.25) is 14.7 Å². The van der Waals surface area contributed by atoms with E-state index in [1.807, 2.05) is 25.1 Å². The number of carbonyl (C=O) groups is 2. The molecule has 2 aromatic carbocycles. The van der Waals surface area contributed by atoms with Gasteiger partial charge in [-0.25, -0.2) is 4.39 Å². The van der Waals surface area contributed by atoms with Gasteiger partial charge in [-0.15, -0.1) is 0 Å². The molecular weight excluding hydrogens is 383 g/mol. The first-order valence-corrected chi connectivity index (χ1v) is 9.97. The van der Waals surface area contributed by atoms with Gasteiger partial charge in [0.15, 0.2) is 0 Å². The van der Waals surface area contributed by atoms with Crippen LogP contribution in [0.15, 0.2) is 54.7 Å². The second-order valence-corrected chi connectivity index (χ2v) is 7.58. The second-order valence-electron chi connectivity index (χ2n) is 7.58. The first-order valence-electron chi connectivity index (χ1n) is 9.97. The molecule has 154 valence electrons. The highest BCUT2D eigenvalue weighted by Crippen LogP contribution is 2.24. The van der Waals surface area contributed by atoms with Crippen LogP contribution in [-0.4, -0.2) is 40.0 Å². The van der Waals surface area contributed by atoms with Gasteiger partial charge in [-0.05, 0) is 55.2 Å². The number of piperidine rings is 1. The summed E-state index contributed by atoms with van der Waals surface area (Å²) in [5, 5.41) is 9.62. The number of nitrogens with zero attached hydrogens (tertiary/aromatic N) is 2. The van der Waals surface area contributed by atoms with Gasteiger partial charge in [0, 0.05) is 24.5 Å². The number of rotatable bonds is 4. The van der Waals surface area contributed by atoms with Crippen LogP contribution in [0.25, 0.3) is 11.1 Å². The van der Waals surface area contributed by atoms with Gasteiger partial charge >= 0.3 is 0 Å². The summed E-state index contributed by atoms with van der Waals surface area (Å²) in [7, 11) is 0. The lowest BCUT2D eigenvalue weighted by molar-refractivity contribution is -0.121. The van der Waals surface area contributed by atoms with Gasteiger partial charge in [0.05, 0.1) is 17.7 Å². The van der Waals surface area contributed by atoms with Crippen molar-refractivity contribution in [3.05, 3.63) is 71.8 Å². The highest BCUT2D eigenvalue weighted by Gasteiger charge is 2.30. The third-order valence-corrected chi connectivity index (χ3v) is 5.45. The molecular formula is C23H23FN4O2. The molecule has 0 bridgehead atoms. The third kappa shape index (κ3) is 4.25. The van der Waals surface area contributed by atoms with Crippen LogP contribution in [0.2, 0.25) is 0 Å². The molecule has 1 aliphatic heterocycles. The van der Waals surface area contributed by atoms with Crippen LogP contribution >= 0.6 is 0 Å². The molecule has 6 nitrogen and oxygen atoms in total. The summed E-state index contributed by atoms with van der Waals surface area (Å²) in [5.74, 6) is -0.752. The molecule has 3 aromatic rings. The van der Waals surface area contributed by atoms with E-state index in [-0.39, 0.29) is 23.5 Å². The first kappa shape index (κ1) is 19.8. The maximum Gasteiger partial charge on any atom is 0.257 e. The van der Waals surface area contributed by atoms with Crippen molar-refractivity contribution < 1.29 is 14.0 Å². The Labute approximate surface area is 174 Å². The monoisotopic (exact) mass is 406 g/mol. The van der Waals surface area contributed by atoms with Crippen LogP contribution in [0.4, 0.5) is 10.1 Å². The average molecular weight is 406 g/mol. The molecule has 2 heterocycles. The molecule has 1 saturated heterocycles. The number of hydrogen-bond acceptors (Lipinski definition) is 3. The largest absolute Gasteiger partial charge is 0.338 e. The predicted molar refractivity (Wildman–Crippen MR) is 112 cm³/mol. The van der Waals surface area contributed by atoms with Gasteiger partial charge < -0.3 is 10.2 Å². The van der Waals surface area contributed by atoms with Gasteiger partial charge in [0.25, 0.3) is 5.91 Å². The van der Waals surface area contributed by atoms with Crippen molar-refractivity contribution in [2.75, 3.05) is 18.4 Å². The molecule has 1 unspecified atom stereocenters. The third-order valence-electron chi connectivity index (χ3n) is 5.45. The van der Waals surface area contributed by atoms with Crippen LogP contribution in [0.5, 0.6) is 0 Å². The zero-order chi connectivity index (χ0) is 21.1. The first-order chi connectivity index (χ1) is 14.5. The molecule has 1 atom stereocenters. The summed E-state index contributed by atoms with van der Waals surface area (Å²) in [4.78, 5) is 27.2. The molecule has 1 aliphatic rings. The number of nitrogens with one attached hydrogen (secondary N) is 2. The Balaban J connectivity index is 1.40. The number of aromatic nitrogens is 2. The van der Waals surface area contributed by atoms with E-state index in [0.717, 1.165) is 29.7 Å². The molecule has 2 N–H and O–H groups in total. The number of carbonyl (C=O) groups excluding carboxylic acids is 2. The molecule has 0 saturated carbocycles. The number of halogens is 1. The van der Waals surface area contributed by atoms with Crippen molar-refractivity contribution in [1.82, 2.24) is 15.1 Å². The molecule has 0 aliphatic carbocycles. The minimum absolute atomic E-state index is 0.0989. The van der Waals surface area contributed by atoms with Gasteiger partial charge in [0.2, 0.25) is 5.91 Å². The van der Waals surface area contributed by atoms with E-state index in [9.17, 15) is 14.0 Å². The van der Waals surface area contributed by atoms with Crippen molar-refractivity contribution in [2.24, 2.45) is 5.92 Å². The van der Waals surface area contributed by atoms with E-state index in [2.05, 4.69) is 15.5 Å². The molecule has 1 aromatic heterocycles. The van der Waals surface area contributed by atoms with Crippen molar-refractivity contribution in [3.8, 4) is 11.1 Å². The molecule has 1 fully saturated rings. The Morgan fingerprint density at radius 2 is 1.97 bits per heavy atom. The Morgan fingerprint density at radius 3 is 2.67 bits per heavy atom. The molecule has 4 rings (SSSR count). The number of likely N-dealkylation sites (tertiary alicyclic amines) is 1. The van der Waals surface area contributed by atoms with E-state index in [0.29, 0.717) is 24.3 Å². The number of H-pyrrole nitrogens is 1. The SMILES string of the molecule is Cc1[nH]ncc1C(=O)N1CCCC(C(=O)Nc2ccc(-c3cccc(F)c3)cc2)C1. The molecule has 0 spiro atoms. The molecule has 7 heteroatoms. The topological polar surface area (TPSA) is 78.1 Å². The fraction of sp³-hybridized carbons (Fsp3) is 0.261. The fourth-order valence-corrected chi connectivity index (χ4v) is 3.77. The van der Waals surface area contributed by atoms with Crippen molar-refractivity contribution in [3.63, 3.8) is 0 Å². The standard InChI is InChI=1S/C23H23FN4O2/c1-15-21(13-25-27-15)23(30)28-11-3-5-18(14-28)22(29)26-20-9-7-16(8-10-20)17-4-2-6-19(24)12-17/h2,4,6-10,12-13,18H,3,5,11,14H2,1H3,(H,25,27)(H,26,29). The van der Waals surface area contributed by atoms with Gasteiger partial charge in [-0.2, -0.15) is 5.10 Å². The van der Waals surface area contributed by atoms with Crippen LogP contribution < -0.4 is 5.32 Å². The van der Waals surface area contributed by atoms with Gasteiger partial charge in [-0.1, -0.05) is 24.3 Å². The predicted octanol–water partition coefficient (Wildman–Crippen LogP) is 4.02. The minimum Gasteiger partial charge on any atom is -0.338 e. The quantitative estimate of drug-likeness (QED) is 0.687. The van der Waals surface area contributed by atoms with Gasteiger partial charge in [0.1, 0.15) is 5.82 Å². The van der Waals surface area contributed by atoms with Crippen LogP contribution in [-0.2, 0) is 4.79 Å². The summed E-state index contributed by atoms with van der Waals surface area (Å²) in [5.41, 5.74) is 3.60. The maximum atomic E-state index is 13.4. The summed E-state index contributed by atoms with van der Waals surface area (Å²) in [6, 6.07) is 13.7. The Bertz CT molecular complexity index is 1060. The number of hydrogen-bond donors (Lipinski definition) is 2. The van der Waals surface area contributed by atoms with E-state index >= 15 is 0 Å². The zero-order valence-corrected chi connectivity index (χ0v) is 16.7. The lowest BCUT2D eigenvalue weighted by Crippen LogP contribution is -2.43. The normalized spacial score (nSPS) is 16.3. The Hall–Kier alpha value is -3.48. The van der Waals surface area contributed by atoms with Crippen molar-refractivity contribution in [1.29, 1.82) is 0 Å². The van der Waals surface area contributed by atoms with E-state index < -0.39 is 0 Å². The summed E-state index contributed by atoms with van der Waals surface area (Å²) in [6.45, 7) is 2.83. The summed E-state index contributed by atoms with van der Waals surface area (Å²) < 4.78 is 13.4. The maximum absolute atomic E-state index is 13.4. The van der Waals surface area contributed by atoms with E-state index in [4.69, 9.17) is 0 Å². The van der Waals surface area contributed by atoms with Crippen molar-refractivity contribution >= 4 is 17.5 Å². The highest BCUT2D eigenvalue weighted by atomic mass is 19.1. The number of benzene rings is 2. The lowest BCUT2D eigenvalue weighted by atomic mass is 9.96. The minimum atomic E-state index is -0.285. The van der Waals surface area contributed by atoms with E-state index in [1.54, 1.807) is 23.1 Å². The van der Waals surface area contributed by atoms with Crippen molar-refractivity contribution in [2.45, 2.75) is 19.8 Å². The number of aryl methyl sites for hydroxylation is 1. The van der Waals surface area contributed by atoms with Crippen LogP contribution in [0.3, 0.4) is 0 Å². The summed E-state index contributed by atoms with van der Waals surface area (Å²) in [6.07, 6.45) is 3.04. The number of amides is 2. The Morgan fingerprint density at radius 1 is 1.17 bits per heavy atom. The molecule has 30 heavy (non-hydrogen) atoms. The zero-order valence-electron chi connectivity index (χ0n) is 16.7.